The Labute approximate surface area is 106 Å². The number of hydrogen-bond donors (Lipinski definition) is 1. The van der Waals surface area contributed by atoms with Gasteiger partial charge in [0.25, 0.3) is 0 Å². The number of aromatic nitrogens is 2. The molecule has 0 aliphatic carbocycles. The Hall–Kier alpha value is -2.42. The number of nitrogens with zero attached hydrogens (tertiary/aromatic N) is 2. The van der Waals surface area contributed by atoms with E-state index in [1.54, 1.807) is 6.20 Å². The first-order valence-corrected chi connectivity index (χ1v) is 5.86. The summed E-state index contributed by atoms with van der Waals surface area (Å²) in [5.41, 5.74) is 4.02. The van der Waals surface area contributed by atoms with Crippen molar-refractivity contribution in [2.45, 2.75) is 0 Å². The Morgan fingerprint density at radius 3 is 2.78 bits per heavy atom. The van der Waals surface area contributed by atoms with Gasteiger partial charge >= 0.3 is 0 Å². The molecule has 0 bridgehead atoms. The van der Waals surface area contributed by atoms with Crippen LogP contribution in [-0.2, 0) is 0 Å². The molecule has 0 unspecified atom stereocenters. The zero-order chi connectivity index (χ0) is 12.4. The lowest BCUT2D eigenvalue weighted by atomic mass is 10.1. The molecule has 0 aliphatic heterocycles. The van der Waals surface area contributed by atoms with Gasteiger partial charge in [0, 0.05) is 36.1 Å². The molecular formula is C15H13N3. The highest BCUT2D eigenvalue weighted by atomic mass is 14.8. The maximum absolute atomic E-state index is 4.45. The van der Waals surface area contributed by atoms with Crippen LogP contribution in [0.3, 0.4) is 0 Å². The highest BCUT2D eigenvalue weighted by Gasteiger charge is 2.02. The van der Waals surface area contributed by atoms with Gasteiger partial charge in [-0.25, -0.2) is 0 Å². The summed E-state index contributed by atoms with van der Waals surface area (Å²) in [5, 5.41) is 4.25. The van der Waals surface area contributed by atoms with E-state index in [-0.39, 0.29) is 0 Å². The number of rotatable bonds is 2. The first-order chi connectivity index (χ1) is 8.86. The Morgan fingerprint density at radius 1 is 1.00 bits per heavy atom. The number of nitrogens with one attached hydrogen (secondary N) is 1. The summed E-state index contributed by atoms with van der Waals surface area (Å²) in [6.45, 7) is 0. The molecule has 3 nitrogen and oxygen atoms in total. The predicted molar refractivity (Wildman–Crippen MR) is 74.5 cm³/mol. The Bertz CT molecular complexity index is 692. The molecule has 18 heavy (non-hydrogen) atoms. The van der Waals surface area contributed by atoms with Crippen LogP contribution in [-0.4, -0.2) is 17.0 Å². The van der Waals surface area contributed by atoms with Crippen LogP contribution in [0.4, 0.5) is 5.69 Å². The average molecular weight is 235 g/mol. The van der Waals surface area contributed by atoms with Crippen molar-refractivity contribution in [1.82, 2.24) is 9.97 Å². The third kappa shape index (κ3) is 1.91. The normalized spacial score (nSPS) is 10.5. The summed E-state index contributed by atoms with van der Waals surface area (Å²) in [7, 11) is 1.90. The van der Waals surface area contributed by atoms with Crippen molar-refractivity contribution < 1.29 is 0 Å². The van der Waals surface area contributed by atoms with E-state index < -0.39 is 0 Å². The van der Waals surface area contributed by atoms with Gasteiger partial charge in [-0.05, 0) is 24.3 Å². The van der Waals surface area contributed by atoms with Crippen molar-refractivity contribution >= 4 is 16.6 Å². The number of fused-ring (bicyclic) bond motifs is 1. The van der Waals surface area contributed by atoms with Crippen LogP contribution in [0, 0.1) is 0 Å². The van der Waals surface area contributed by atoms with Gasteiger partial charge in [0.1, 0.15) is 0 Å². The molecule has 1 aromatic carbocycles. The lowest BCUT2D eigenvalue weighted by Gasteiger charge is -2.05. The van der Waals surface area contributed by atoms with Gasteiger partial charge in [0.05, 0.1) is 11.2 Å². The molecule has 0 radical (unpaired) electrons. The second-order valence-corrected chi connectivity index (χ2v) is 4.10. The minimum Gasteiger partial charge on any atom is -0.388 e. The van der Waals surface area contributed by atoms with Gasteiger partial charge in [-0.2, -0.15) is 0 Å². The van der Waals surface area contributed by atoms with Crippen molar-refractivity contribution in [1.29, 1.82) is 0 Å². The van der Waals surface area contributed by atoms with Gasteiger partial charge in [-0.15, -0.1) is 0 Å². The monoisotopic (exact) mass is 235 g/mol. The summed E-state index contributed by atoms with van der Waals surface area (Å²) in [5.74, 6) is 0. The smallest absolute Gasteiger partial charge is 0.0738 e. The predicted octanol–water partition coefficient (Wildman–Crippen LogP) is 3.34. The molecule has 2 heterocycles. The lowest BCUT2D eigenvalue weighted by molar-refractivity contribution is 1.30. The molecule has 3 rings (SSSR count). The Kier molecular flexibility index (Phi) is 2.65. The molecule has 0 amide bonds. The number of benzene rings is 1. The van der Waals surface area contributed by atoms with E-state index in [0.717, 1.165) is 27.8 Å². The number of anilines is 1. The minimum absolute atomic E-state index is 0.931. The second kappa shape index (κ2) is 4.45. The van der Waals surface area contributed by atoms with Crippen molar-refractivity contribution in [2.24, 2.45) is 0 Å². The first-order valence-electron chi connectivity index (χ1n) is 5.86. The molecule has 2 aromatic heterocycles. The molecule has 0 aliphatic rings. The van der Waals surface area contributed by atoms with E-state index in [4.69, 9.17) is 0 Å². The topological polar surface area (TPSA) is 37.8 Å². The molecule has 0 saturated carbocycles. The van der Waals surface area contributed by atoms with Crippen LogP contribution in [0.1, 0.15) is 0 Å². The highest BCUT2D eigenvalue weighted by Crippen LogP contribution is 2.22. The van der Waals surface area contributed by atoms with E-state index in [1.807, 2.05) is 43.6 Å². The largest absolute Gasteiger partial charge is 0.388 e. The highest BCUT2D eigenvalue weighted by molar-refractivity contribution is 5.83. The van der Waals surface area contributed by atoms with Crippen molar-refractivity contribution in [3.63, 3.8) is 0 Å². The van der Waals surface area contributed by atoms with Gasteiger partial charge in [0.2, 0.25) is 0 Å². The van der Waals surface area contributed by atoms with E-state index in [2.05, 4.69) is 27.4 Å². The molecule has 0 fully saturated rings. The molecule has 0 saturated heterocycles. The molecule has 88 valence electrons. The SMILES string of the molecule is CNc1ccnc(-c2cnc3ccccc3c2)c1. The summed E-state index contributed by atoms with van der Waals surface area (Å²) in [6.07, 6.45) is 3.67. The summed E-state index contributed by atoms with van der Waals surface area (Å²) in [4.78, 5) is 8.84. The van der Waals surface area contributed by atoms with Crippen molar-refractivity contribution in [2.75, 3.05) is 12.4 Å². The standard InChI is InChI=1S/C15H13N3/c1-16-13-6-7-17-15(9-13)12-8-11-4-2-3-5-14(11)18-10-12/h2-10H,1H3,(H,16,17). The zero-order valence-electron chi connectivity index (χ0n) is 10.1. The van der Waals surface area contributed by atoms with Crippen LogP contribution >= 0.6 is 0 Å². The van der Waals surface area contributed by atoms with Gasteiger partial charge in [0.15, 0.2) is 0 Å². The van der Waals surface area contributed by atoms with E-state index in [0.29, 0.717) is 0 Å². The molecule has 0 spiro atoms. The number of para-hydroxylation sites is 1. The zero-order valence-corrected chi connectivity index (χ0v) is 10.1. The number of pyridine rings is 2. The van der Waals surface area contributed by atoms with Gasteiger partial charge in [-0.1, -0.05) is 18.2 Å². The van der Waals surface area contributed by atoms with E-state index >= 15 is 0 Å². The fourth-order valence-corrected chi connectivity index (χ4v) is 1.96. The second-order valence-electron chi connectivity index (χ2n) is 4.10. The summed E-state index contributed by atoms with van der Waals surface area (Å²) < 4.78 is 0. The third-order valence-electron chi connectivity index (χ3n) is 2.93. The maximum atomic E-state index is 4.45. The molecular weight excluding hydrogens is 222 g/mol. The van der Waals surface area contributed by atoms with Crippen LogP contribution < -0.4 is 5.32 Å². The van der Waals surface area contributed by atoms with Crippen LogP contribution in [0.15, 0.2) is 54.9 Å². The molecule has 3 heteroatoms. The quantitative estimate of drug-likeness (QED) is 0.740. The molecule has 0 atom stereocenters. The van der Waals surface area contributed by atoms with Crippen LogP contribution in [0.5, 0.6) is 0 Å². The van der Waals surface area contributed by atoms with E-state index in [9.17, 15) is 0 Å². The average Bonchev–Trinajstić information content (AvgIpc) is 2.47. The van der Waals surface area contributed by atoms with Gasteiger partial charge < -0.3 is 5.32 Å². The minimum atomic E-state index is 0.931. The fourth-order valence-electron chi connectivity index (χ4n) is 1.96. The molecule has 1 N–H and O–H groups in total. The summed E-state index contributed by atoms with van der Waals surface area (Å²) >= 11 is 0. The van der Waals surface area contributed by atoms with Crippen LogP contribution in [0.2, 0.25) is 0 Å². The summed E-state index contributed by atoms with van der Waals surface area (Å²) in [6, 6.07) is 14.2. The van der Waals surface area contributed by atoms with Gasteiger partial charge in [-0.3, -0.25) is 9.97 Å². The fraction of sp³-hybridized carbons (Fsp3) is 0.0667. The number of hydrogen-bond acceptors (Lipinski definition) is 3. The van der Waals surface area contributed by atoms with Crippen molar-refractivity contribution in [3.05, 3.63) is 54.9 Å². The Balaban J connectivity index is 2.13. The Morgan fingerprint density at radius 2 is 1.89 bits per heavy atom. The third-order valence-corrected chi connectivity index (χ3v) is 2.93. The van der Waals surface area contributed by atoms with Crippen molar-refractivity contribution in [3.8, 4) is 11.3 Å². The maximum Gasteiger partial charge on any atom is 0.0738 e. The first kappa shape index (κ1) is 10.7. The van der Waals surface area contributed by atoms with Crippen LogP contribution in [0.25, 0.3) is 22.2 Å². The molecule has 3 aromatic rings. The van der Waals surface area contributed by atoms with E-state index in [1.165, 1.54) is 0 Å². The lowest BCUT2D eigenvalue weighted by Crippen LogP contribution is -1.91.